The number of carbonyl (C=O) groups excluding carboxylic acids is 2. The molecule has 144 valence electrons. The Kier molecular flexibility index (Phi) is 8.61. The smallest absolute Gasteiger partial charge is 0.408 e. The van der Waals surface area contributed by atoms with Crippen LogP contribution < -0.4 is 10.6 Å². The number of carboxylic acids is 1. The summed E-state index contributed by atoms with van der Waals surface area (Å²) in [7, 11) is 0. The van der Waals surface area contributed by atoms with Gasteiger partial charge in [0.2, 0.25) is 5.91 Å². The zero-order valence-electron chi connectivity index (χ0n) is 15.7. The second kappa shape index (κ2) is 10.4. The van der Waals surface area contributed by atoms with Crippen molar-refractivity contribution in [2.24, 2.45) is 11.8 Å². The van der Waals surface area contributed by atoms with E-state index in [0.29, 0.717) is 6.42 Å². The standard InChI is InChI=1S/C19H28N2O5/c1-5-13(4)16(17(22)20-15(12(2)3)18(23)24)21-19(25)26-11-14-9-7-6-8-10-14/h6-10,12-13,15-16H,5,11H2,1-4H3,(H,20,22)(H,21,25)(H,23,24)/t13-,15-,16+/m0/s1. The van der Waals surface area contributed by atoms with E-state index in [1.165, 1.54) is 0 Å². The van der Waals surface area contributed by atoms with Gasteiger partial charge in [-0.1, -0.05) is 64.4 Å². The third-order valence-electron chi connectivity index (χ3n) is 4.21. The highest BCUT2D eigenvalue weighted by Crippen LogP contribution is 2.11. The van der Waals surface area contributed by atoms with Crippen LogP contribution in [0.1, 0.15) is 39.7 Å². The fourth-order valence-corrected chi connectivity index (χ4v) is 2.35. The molecule has 0 heterocycles. The van der Waals surface area contributed by atoms with E-state index in [1.807, 2.05) is 44.2 Å². The molecule has 0 aromatic heterocycles. The van der Waals surface area contributed by atoms with Crippen molar-refractivity contribution in [2.45, 2.75) is 52.8 Å². The number of ether oxygens (including phenoxy) is 1. The number of rotatable bonds is 9. The lowest BCUT2D eigenvalue weighted by Crippen LogP contribution is -2.55. The lowest BCUT2D eigenvalue weighted by atomic mass is 9.97. The summed E-state index contributed by atoms with van der Waals surface area (Å²) in [4.78, 5) is 35.9. The molecular formula is C19H28N2O5. The molecule has 0 unspecified atom stereocenters. The van der Waals surface area contributed by atoms with Crippen molar-refractivity contribution >= 4 is 18.0 Å². The van der Waals surface area contributed by atoms with Gasteiger partial charge in [-0.2, -0.15) is 0 Å². The van der Waals surface area contributed by atoms with Gasteiger partial charge in [-0.3, -0.25) is 4.79 Å². The molecule has 1 rings (SSSR count). The number of hydrogen-bond donors (Lipinski definition) is 3. The minimum absolute atomic E-state index is 0.0886. The summed E-state index contributed by atoms with van der Waals surface area (Å²) in [5.74, 6) is -2.10. The maximum absolute atomic E-state index is 12.5. The van der Waals surface area contributed by atoms with Gasteiger partial charge >= 0.3 is 12.1 Å². The summed E-state index contributed by atoms with van der Waals surface area (Å²) < 4.78 is 5.16. The van der Waals surface area contributed by atoms with Crippen molar-refractivity contribution in [3.63, 3.8) is 0 Å². The molecule has 0 aliphatic rings. The predicted octanol–water partition coefficient (Wildman–Crippen LogP) is 2.55. The third kappa shape index (κ3) is 6.74. The lowest BCUT2D eigenvalue weighted by Gasteiger charge is -2.26. The fourth-order valence-electron chi connectivity index (χ4n) is 2.35. The highest BCUT2D eigenvalue weighted by molar-refractivity contribution is 5.89. The van der Waals surface area contributed by atoms with E-state index < -0.39 is 30.1 Å². The largest absolute Gasteiger partial charge is 0.480 e. The van der Waals surface area contributed by atoms with E-state index in [4.69, 9.17) is 4.74 Å². The number of amides is 2. The molecule has 3 atom stereocenters. The summed E-state index contributed by atoms with van der Waals surface area (Å²) >= 11 is 0. The second-order valence-electron chi connectivity index (χ2n) is 6.64. The van der Waals surface area contributed by atoms with Gasteiger partial charge in [0.05, 0.1) is 0 Å². The number of aliphatic carboxylic acids is 1. The van der Waals surface area contributed by atoms with Gasteiger partial charge in [0, 0.05) is 0 Å². The number of alkyl carbamates (subject to hydrolysis) is 1. The van der Waals surface area contributed by atoms with Crippen molar-refractivity contribution in [3.8, 4) is 0 Å². The Bertz CT molecular complexity index is 603. The molecule has 0 bridgehead atoms. The van der Waals surface area contributed by atoms with Gasteiger partial charge in [0.25, 0.3) is 0 Å². The molecule has 1 aromatic carbocycles. The van der Waals surface area contributed by atoms with Crippen LogP contribution in [0, 0.1) is 11.8 Å². The Morgan fingerprint density at radius 1 is 1.04 bits per heavy atom. The summed E-state index contributed by atoms with van der Waals surface area (Å²) in [6.07, 6.45) is -0.0815. The molecule has 7 nitrogen and oxygen atoms in total. The van der Waals surface area contributed by atoms with Crippen LogP contribution in [0.4, 0.5) is 4.79 Å². The first-order chi connectivity index (χ1) is 12.3. The molecule has 0 fully saturated rings. The van der Waals surface area contributed by atoms with Crippen LogP contribution in [0.25, 0.3) is 0 Å². The van der Waals surface area contributed by atoms with Crippen LogP contribution in [-0.2, 0) is 20.9 Å². The molecule has 1 aromatic rings. The van der Waals surface area contributed by atoms with Crippen LogP contribution in [0.3, 0.4) is 0 Å². The summed E-state index contributed by atoms with van der Waals surface area (Å²) in [6.45, 7) is 7.20. The highest BCUT2D eigenvalue weighted by Gasteiger charge is 2.31. The van der Waals surface area contributed by atoms with Gasteiger partial charge in [0.15, 0.2) is 0 Å². The molecule has 0 saturated heterocycles. The maximum atomic E-state index is 12.5. The topological polar surface area (TPSA) is 105 Å². The summed E-state index contributed by atoms with van der Waals surface area (Å²) in [6, 6.07) is 7.30. The predicted molar refractivity (Wildman–Crippen MR) is 97.4 cm³/mol. The summed E-state index contributed by atoms with van der Waals surface area (Å²) in [5, 5.41) is 14.3. The Labute approximate surface area is 154 Å². The Morgan fingerprint density at radius 2 is 1.65 bits per heavy atom. The van der Waals surface area contributed by atoms with E-state index in [-0.39, 0.29) is 18.4 Å². The number of benzene rings is 1. The minimum Gasteiger partial charge on any atom is -0.480 e. The van der Waals surface area contributed by atoms with E-state index in [9.17, 15) is 19.5 Å². The second-order valence-corrected chi connectivity index (χ2v) is 6.64. The van der Waals surface area contributed by atoms with Crippen LogP contribution in [0.2, 0.25) is 0 Å². The first-order valence-electron chi connectivity index (χ1n) is 8.76. The Balaban J connectivity index is 2.71. The molecule has 0 spiro atoms. The van der Waals surface area contributed by atoms with Crippen LogP contribution in [0.15, 0.2) is 30.3 Å². The van der Waals surface area contributed by atoms with Crippen LogP contribution in [-0.4, -0.2) is 35.2 Å². The van der Waals surface area contributed by atoms with Crippen molar-refractivity contribution < 1.29 is 24.2 Å². The van der Waals surface area contributed by atoms with Gasteiger partial charge in [0.1, 0.15) is 18.7 Å². The van der Waals surface area contributed by atoms with E-state index in [1.54, 1.807) is 13.8 Å². The molecule has 2 amide bonds. The van der Waals surface area contributed by atoms with Gasteiger partial charge in [-0.25, -0.2) is 9.59 Å². The molecule has 7 heteroatoms. The minimum atomic E-state index is -1.11. The highest BCUT2D eigenvalue weighted by atomic mass is 16.5. The third-order valence-corrected chi connectivity index (χ3v) is 4.21. The van der Waals surface area contributed by atoms with E-state index in [0.717, 1.165) is 5.56 Å². The molecule has 3 N–H and O–H groups in total. The SMILES string of the molecule is CC[C@H](C)[C@@H](NC(=O)OCc1ccccc1)C(=O)N[C@H](C(=O)O)C(C)C. The average Bonchev–Trinajstić information content (AvgIpc) is 2.61. The van der Waals surface area contributed by atoms with Crippen molar-refractivity contribution in [2.75, 3.05) is 0 Å². The number of carbonyl (C=O) groups is 3. The zero-order valence-corrected chi connectivity index (χ0v) is 15.7. The molecule has 26 heavy (non-hydrogen) atoms. The van der Waals surface area contributed by atoms with Gasteiger partial charge in [-0.15, -0.1) is 0 Å². The van der Waals surface area contributed by atoms with Gasteiger partial charge in [-0.05, 0) is 17.4 Å². The summed E-state index contributed by atoms with van der Waals surface area (Å²) in [5.41, 5.74) is 0.831. The molecular weight excluding hydrogens is 336 g/mol. The van der Waals surface area contributed by atoms with Crippen LogP contribution in [0.5, 0.6) is 0 Å². The van der Waals surface area contributed by atoms with Gasteiger partial charge < -0.3 is 20.5 Å². The van der Waals surface area contributed by atoms with E-state index in [2.05, 4.69) is 10.6 Å². The first-order valence-corrected chi connectivity index (χ1v) is 8.76. The van der Waals surface area contributed by atoms with Crippen molar-refractivity contribution in [1.82, 2.24) is 10.6 Å². The quantitative estimate of drug-likeness (QED) is 0.625. The van der Waals surface area contributed by atoms with Crippen molar-refractivity contribution in [1.29, 1.82) is 0 Å². The van der Waals surface area contributed by atoms with E-state index >= 15 is 0 Å². The normalized spacial score (nSPS) is 14.2. The molecule has 0 radical (unpaired) electrons. The first kappa shape index (κ1) is 21.5. The number of carboxylic acid groups (broad SMARTS) is 1. The average molecular weight is 364 g/mol. The zero-order chi connectivity index (χ0) is 19.7. The molecule has 0 aliphatic heterocycles. The monoisotopic (exact) mass is 364 g/mol. The van der Waals surface area contributed by atoms with Crippen LogP contribution >= 0.6 is 0 Å². The maximum Gasteiger partial charge on any atom is 0.408 e. The number of hydrogen-bond acceptors (Lipinski definition) is 4. The Morgan fingerprint density at radius 3 is 2.15 bits per heavy atom. The molecule has 0 aliphatic carbocycles. The number of nitrogens with one attached hydrogen (secondary N) is 2. The lowest BCUT2D eigenvalue weighted by molar-refractivity contribution is -0.143. The molecule has 0 saturated carbocycles. The Hall–Kier alpha value is -2.57. The van der Waals surface area contributed by atoms with Crippen molar-refractivity contribution in [3.05, 3.63) is 35.9 Å². The fraction of sp³-hybridized carbons (Fsp3) is 0.526.